The molecule has 1 saturated heterocycles. The minimum Gasteiger partial charge on any atom is -0.312 e. The lowest BCUT2D eigenvalue weighted by atomic mass is 9.96. The molecule has 0 bridgehead atoms. The molecule has 0 aliphatic carbocycles. The summed E-state index contributed by atoms with van der Waals surface area (Å²) in [4.78, 5) is 26.3. The molecule has 4 rings (SSSR count). The van der Waals surface area contributed by atoms with Gasteiger partial charge in [0.2, 0.25) is 5.91 Å². The zero-order valence-electron chi connectivity index (χ0n) is 16.1. The fraction of sp³-hybridized carbons (Fsp3) is 0.333. The average Bonchev–Trinajstić information content (AvgIpc) is 3.13. The monoisotopic (exact) mass is 413 g/mol. The normalized spacial score (nSPS) is 19.1. The molecule has 0 aromatic heterocycles. The van der Waals surface area contributed by atoms with Crippen molar-refractivity contribution in [1.29, 1.82) is 0 Å². The van der Waals surface area contributed by atoms with Gasteiger partial charge in [-0.15, -0.1) is 0 Å². The summed E-state index contributed by atoms with van der Waals surface area (Å²) >= 11 is 0. The molecule has 2 aliphatic rings. The van der Waals surface area contributed by atoms with Crippen LogP contribution in [0.1, 0.15) is 29.5 Å². The molecule has 8 heteroatoms. The molecular weight excluding hydrogens is 390 g/mol. The molecular formula is C21H23N3O4S. The lowest BCUT2D eigenvalue weighted by Gasteiger charge is -2.25. The van der Waals surface area contributed by atoms with Gasteiger partial charge in [0.05, 0.1) is 10.9 Å². The fourth-order valence-corrected chi connectivity index (χ4v) is 5.15. The van der Waals surface area contributed by atoms with Crippen LogP contribution in [0.15, 0.2) is 47.4 Å². The van der Waals surface area contributed by atoms with Gasteiger partial charge < -0.3 is 10.2 Å². The van der Waals surface area contributed by atoms with E-state index in [2.05, 4.69) is 10.0 Å². The van der Waals surface area contributed by atoms with E-state index in [0.717, 1.165) is 17.5 Å². The van der Waals surface area contributed by atoms with Crippen LogP contribution >= 0.6 is 0 Å². The van der Waals surface area contributed by atoms with Crippen LogP contribution in [0.2, 0.25) is 0 Å². The fourth-order valence-electron chi connectivity index (χ4n) is 3.87. The summed E-state index contributed by atoms with van der Waals surface area (Å²) in [7, 11) is -4.06. The van der Waals surface area contributed by atoms with Crippen molar-refractivity contribution in [2.24, 2.45) is 0 Å². The van der Waals surface area contributed by atoms with Gasteiger partial charge in [-0.25, -0.2) is 13.1 Å². The highest BCUT2D eigenvalue weighted by Gasteiger charge is 2.29. The van der Waals surface area contributed by atoms with E-state index in [1.165, 1.54) is 6.07 Å². The number of aryl methyl sites for hydroxylation is 1. The number of fused-ring (bicyclic) bond motifs is 1. The zero-order chi connectivity index (χ0) is 20.6. The number of hydrogen-bond donors (Lipinski definition) is 2. The Labute approximate surface area is 170 Å². The Kier molecular flexibility index (Phi) is 5.14. The number of amides is 2. The molecule has 0 radical (unpaired) electrons. The highest BCUT2D eigenvalue weighted by molar-refractivity contribution is 7.90. The molecule has 2 N–H and O–H groups in total. The van der Waals surface area contributed by atoms with Crippen LogP contribution in [-0.4, -0.2) is 32.8 Å². The van der Waals surface area contributed by atoms with Gasteiger partial charge in [0.25, 0.3) is 15.9 Å². The second-order valence-electron chi connectivity index (χ2n) is 7.47. The maximum absolute atomic E-state index is 12.9. The first-order valence-corrected chi connectivity index (χ1v) is 11.1. The van der Waals surface area contributed by atoms with Gasteiger partial charge in [0.15, 0.2) is 0 Å². The van der Waals surface area contributed by atoms with Crippen LogP contribution in [0.4, 0.5) is 5.69 Å². The van der Waals surface area contributed by atoms with Crippen molar-refractivity contribution in [2.45, 2.75) is 43.7 Å². The van der Waals surface area contributed by atoms with E-state index in [1.807, 2.05) is 24.3 Å². The van der Waals surface area contributed by atoms with Gasteiger partial charge in [0, 0.05) is 25.2 Å². The number of nitrogens with one attached hydrogen (secondary N) is 2. The lowest BCUT2D eigenvalue weighted by molar-refractivity contribution is -0.121. The molecule has 0 spiro atoms. The number of anilines is 1. The molecule has 2 amide bonds. The van der Waals surface area contributed by atoms with E-state index in [9.17, 15) is 18.0 Å². The molecule has 2 aromatic carbocycles. The second-order valence-corrected chi connectivity index (χ2v) is 9.13. The van der Waals surface area contributed by atoms with Crippen molar-refractivity contribution in [3.8, 4) is 0 Å². The Morgan fingerprint density at radius 1 is 1.17 bits per heavy atom. The number of sulfonamides is 1. The summed E-state index contributed by atoms with van der Waals surface area (Å²) in [6.45, 7) is 2.75. The van der Waals surface area contributed by atoms with Gasteiger partial charge in [-0.05, 0) is 48.6 Å². The minimum atomic E-state index is -4.06. The van der Waals surface area contributed by atoms with E-state index in [-0.39, 0.29) is 10.8 Å². The van der Waals surface area contributed by atoms with Crippen molar-refractivity contribution in [1.82, 2.24) is 10.0 Å². The lowest BCUT2D eigenvalue weighted by Crippen LogP contribution is -2.49. The highest BCUT2D eigenvalue weighted by Crippen LogP contribution is 2.26. The Balaban J connectivity index is 1.54. The Morgan fingerprint density at radius 2 is 1.93 bits per heavy atom. The molecule has 7 nitrogen and oxygen atoms in total. The molecule has 2 heterocycles. The van der Waals surface area contributed by atoms with Crippen molar-refractivity contribution in [3.05, 3.63) is 59.2 Å². The SMILES string of the molecule is Cc1ccc(N2CCCC2=O)cc1S(=O)(=O)NC(=O)C1Cc2ccccc2CN1. The summed E-state index contributed by atoms with van der Waals surface area (Å²) < 4.78 is 28.1. The van der Waals surface area contributed by atoms with E-state index in [0.29, 0.717) is 37.2 Å². The summed E-state index contributed by atoms with van der Waals surface area (Å²) in [6.07, 6.45) is 1.64. The Bertz CT molecular complexity index is 1080. The maximum Gasteiger partial charge on any atom is 0.264 e. The third-order valence-corrected chi connectivity index (χ3v) is 6.97. The molecule has 152 valence electrons. The minimum absolute atomic E-state index is 0.0132. The summed E-state index contributed by atoms with van der Waals surface area (Å²) in [5.41, 5.74) is 3.20. The number of hydrogen-bond acceptors (Lipinski definition) is 5. The first-order valence-electron chi connectivity index (χ1n) is 9.63. The van der Waals surface area contributed by atoms with E-state index < -0.39 is 22.0 Å². The first kappa shape index (κ1) is 19.6. The van der Waals surface area contributed by atoms with Crippen molar-refractivity contribution >= 4 is 27.5 Å². The first-order chi connectivity index (χ1) is 13.8. The Hall–Kier alpha value is -2.71. The number of carbonyl (C=O) groups is 2. The molecule has 29 heavy (non-hydrogen) atoms. The predicted molar refractivity (Wildman–Crippen MR) is 109 cm³/mol. The quantitative estimate of drug-likeness (QED) is 0.795. The van der Waals surface area contributed by atoms with Crippen molar-refractivity contribution < 1.29 is 18.0 Å². The van der Waals surface area contributed by atoms with Crippen LogP contribution in [0.25, 0.3) is 0 Å². The van der Waals surface area contributed by atoms with E-state index in [4.69, 9.17) is 0 Å². The molecule has 0 saturated carbocycles. The Morgan fingerprint density at radius 3 is 2.66 bits per heavy atom. The molecule has 1 atom stereocenters. The molecule has 1 unspecified atom stereocenters. The van der Waals surface area contributed by atoms with Crippen LogP contribution < -0.4 is 14.9 Å². The second kappa shape index (κ2) is 7.61. The van der Waals surface area contributed by atoms with Crippen LogP contribution in [0.5, 0.6) is 0 Å². The van der Waals surface area contributed by atoms with Gasteiger partial charge in [0.1, 0.15) is 0 Å². The van der Waals surface area contributed by atoms with E-state index in [1.54, 1.807) is 24.0 Å². The van der Waals surface area contributed by atoms with Crippen molar-refractivity contribution in [3.63, 3.8) is 0 Å². The predicted octanol–water partition coefficient (Wildman–Crippen LogP) is 1.64. The third kappa shape index (κ3) is 3.90. The third-order valence-electron chi connectivity index (χ3n) is 5.48. The van der Waals surface area contributed by atoms with Gasteiger partial charge in [-0.3, -0.25) is 9.59 Å². The number of benzene rings is 2. The van der Waals surface area contributed by atoms with E-state index >= 15 is 0 Å². The molecule has 1 fully saturated rings. The van der Waals surface area contributed by atoms with Gasteiger partial charge in [-0.1, -0.05) is 30.3 Å². The van der Waals surface area contributed by atoms with Gasteiger partial charge in [-0.2, -0.15) is 0 Å². The average molecular weight is 413 g/mol. The maximum atomic E-state index is 12.9. The summed E-state index contributed by atoms with van der Waals surface area (Å²) in [5, 5.41) is 3.10. The highest BCUT2D eigenvalue weighted by atomic mass is 32.2. The smallest absolute Gasteiger partial charge is 0.264 e. The largest absolute Gasteiger partial charge is 0.312 e. The number of carbonyl (C=O) groups excluding carboxylic acids is 2. The number of rotatable bonds is 4. The van der Waals surface area contributed by atoms with Gasteiger partial charge >= 0.3 is 0 Å². The van der Waals surface area contributed by atoms with Crippen LogP contribution in [-0.2, 0) is 32.6 Å². The zero-order valence-corrected chi connectivity index (χ0v) is 17.0. The summed E-state index contributed by atoms with van der Waals surface area (Å²) in [5.74, 6) is -0.604. The molecule has 2 aromatic rings. The standard InChI is InChI=1S/C21H23N3O4S/c1-14-8-9-17(24-10-4-7-20(24)25)12-19(14)29(27,28)23-21(26)18-11-15-5-2-3-6-16(15)13-22-18/h2-3,5-6,8-9,12,18,22H,4,7,10-11,13H2,1H3,(H,23,26). The van der Waals surface area contributed by atoms with Crippen molar-refractivity contribution in [2.75, 3.05) is 11.4 Å². The number of nitrogens with zero attached hydrogens (tertiary/aromatic N) is 1. The van der Waals surface area contributed by atoms with Crippen LogP contribution in [0.3, 0.4) is 0 Å². The summed E-state index contributed by atoms with van der Waals surface area (Å²) in [6, 6.07) is 12.0. The molecule has 2 aliphatic heterocycles. The topological polar surface area (TPSA) is 95.6 Å². The van der Waals surface area contributed by atoms with Crippen LogP contribution in [0, 0.1) is 6.92 Å².